The van der Waals surface area contributed by atoms with Crippen LogP contribution in [-0.4, -0.2) is 52.6 Å². The van der Waals surface area contributed by atoms with Gasteiger partial charge in [0.1, 0.15) is 5.75 Å². The highest BCUT2D eigenvalue weighted by Gasteiger charge is 2.56. The number of morpholine rings is 2. The zero-order valence-electron chi connectivity index (χ0n) is 29.9. The van der Waals surface area contributed by atoms with Crippen LogP contribution < -0.4 is 14.5 Å². The third-order valence-corrected chi connectivity index (χ3v) is 13.6. The van der Waals surface area contributed by atoms with E-state index >= 15 is 0 Å². The summed E-state index contributed by atoms with van der Waals surface area (Å²) in [7, 11) is 0. The zero-order chi connectivity index (χ0) is 34.3. The molecule has 0 amide bonds. The Kier molecular flexibility index (Phi) is 7.14. The molecule has 3 aliphatic carbocycles. The van der Waals surface area contributed by atoms with Gasteiger partial charge in [-0.3, -0.25) is 0 Å². The van der Waals surface area contributed by atoms with Crippen molar-refractivity contribution in [2.75, 3.05) is 62.4 Å². The van der Waals surface area contributed by atoms with Gasteiger partial charge in [0.25, 0.3) is 0 Å². The van der Waals surface area contributed by atoms with E-state index in [1.54, 1.807) is 5.56 Å². The second kappa shape index (κ2) is 12.0. The Hall–Kier alpha value is -4.58. The van der Waals surface area contributed by atoms with Crippen molar-refractivity contribution in [3.05, 3.63) is 131 Å². The lowest BCUT2D eigenvalue weighted by molar-refractivity contribution is 0.122. The van der Waals surface area contributed by atoms with Gasteiger partial charge in [-0.2, -0.15) is 0 Å². The van der Waals surface area contributed by atoms with E-state index in [1.807, 2.05) is 0 Å². The largest absolute Gasteiger partial charge is 0.472 e. The summed E-state index contributed by atoms with van der Waals surface area (Å²) in [5.41, 5.74) is 11.3. The molecule has 5 nitrogen and oxygen atoms in total. The average molecular weight is 687 g/mol. The van der Waals surface area contributed by atoms with E-state index in [1.165, 1.54) is 76.5 Å². The summed E-state index contributed by atoms with van der Waals surface area (Å²) in [5.74, 6) is 2.52. The minimum absolute atomic E-state index is 0.0195. The number of fused-ring (bicyclic) bond motifs is 13. The molecule has 4 unspecified atom stereocenters. The van der Waals surface area contributed by atoms with Crippen molar-refractivity contribution in [2.45, 2.75) is 43.1 Å². The Morgan fingerprint density at radius 2 is 1.31 bits per heavy atom. The molecule has 2 bridgehead atoms. The number of anilines is 2. The predicted octanol–water partition coefficient (Wildman–Crippen LogP) is 9.34. The third kappa shape index (κ3) is 4.48. The molecule has 3 heterocycles. The molecule has 4 fully saturated rings. The number of rotatable bonds is 4. The standard InChI is InChI=1S/C47H46N2O3/c1-2-6-33(7-3-1)47(34-12-14-36(15-13-34)48-22-26-50-27-23-48)21-19-41-44-43(38-8-4-5-9-39(38)45(41)52-47)40-17-16-37(49-24-28-51-29-25-49)31-42(40)46(44)20-18-32-10-11-35(46)30-32/h1-9,12-17,19,21,31-32,35H,10-11,18,20,22-30H2. The van der Waals surface area contributed by atoms with Crippen LogP contribution in [0.5, 0.6) is 5.75 Å². The van der Waals surface area contributed by atoms with E-state index in [-0.39, 0.29) is 5.41 Å². The Bertz CT molecular complexity index is 2200. The second-order valence-electron chi connectivity index (χ2n) is 15.9. The molecule has 5 aromatic rings. The molecule has 3 aliphatic heterocycles. The Morgan fingerprint density at radius 3 is 2.08 bits per heavy atom. The van der Waals surface area contributed by atoms with Crippen LogP contribution in [0.4, 0.5) is 11.4 Å². The normalized spacial score (nSPS) is 27.4. The fraction of sp³-hybridized carbons (Fsp3) is 0.362. The molecule has 2 saturated carbocycles. The maximum Gasteiger partial charge on any atom is 0.178 e. The van der Waals surface area contributed by atoms with Crippen LogP contribution in [0.25, 0.3) is 28.0 Å². The highest BCUT2D eigenvalue weighted by molar-refractivity contribution is 6.09. The first-order valence-electron chi connectivity index (χ1n) is 19.7. The van der Waals surface area contributed by atoms with Crippen molar-refractivity contribution >= 4 is 28.2 Å². The molecule has 4 atom stereocenters. The van der Waals surface area contributed by atoms with E-state index in [0.29, 0.717) is 5.92 Å². The smallest absolute Gasteiger partial charge is 0.178 e. The van der Waals surface area contributed by atoms with Crippen LogP contribution in [0, 0.1) is 11.8 Å². The van der Waals surface area contributed by atoms with Crippen LogP contribution in [0.15, 0.2) is 103 Å². The van der Waals surface area contributed by atoms with Gasteiger partial charge >= 0.3 is 0 Å². The van der Waals surface area contributed by atoms with Crippen molar-refractivity contribution < 1.29 is 14.2 Å². The number of hydrogen-bond acceptors (Lipinski definition) is 5. The lowest BCUT2D eigenvalue weighted by Crippen LogP contribution is -2.39. The van der Waals surface area contributed by atoms with E-state index in [0.717, 1.165) is 75.4 Å². The van der Waals surface area contributed by atoms with Gasteiger partial charge in [-0.1, -0.05) is 85.3 Å². The summed E-state index contributed by atoms with van der Waals surface area (Å²) in [6, 6.07) is 36.5. The SMILES string of the molecule is C1=CC(c2ccccc2)(c2ccc(N3CCOCC3)cc2)Oc2c1c1c(c3ccccc23)-c2ccc(N3CCOCC3)cc2C12CCC1CCC2C1. The minimum atomic E-state index is -0.762. The van der Waals surface area contributed by atoms with Crippen molar-refractivity contribution in [3.8, 4) is 16.9 Å². The highest BCUT2D eigenvalue weighted by atomic mass is 16.5. The van der Waals surface area contributed by atoms with Gasteiger partial charge in [0.2, 0.25) is 0 Å². The molecule has 52 heavy (non-hydrogen) atoms. The van der Waals surface area contributed by atoms with Crippen LogP contribution in [0.3, 0.4) is 0 Å². The van der Waals surface area contributed by atoms with Gasteiger partial charge in [0, 0.05) is 65.0 Å². The molecule has 5 aromatic carbocycles. The molecular weight excluding hydrogens is 641 g/mol. The second-order valence-corrected chi connectivity index (χ2v) is 15.9. The molecule has 0 N–H and O–H groups in total. The maximum absolute atomic E-state index is 7.70. The van der Waals surface area contributed by atoms with Crippen molar-refractivity contribution in [1.29, 1.82) is 0 Å². The highest BCUT2D eigenvalue weighted by Crippen LogP contribution is 2.67. The van der Waals surface area contributed by atoms with E-state index in [9.17, 15) is 0 Å². The monoisotopic (exact) mass is 686 g/mol. The van der Waals surface area contributed by atoms with E-state index in [2.05, 4.69) is 119 Å². The minimum Gasteiger partial charge on any atom is -0.472 e. The molecule has 1 spiro atoms. The van der Waals surface area contributed by atoms with Crippen molar-refractivity contribution in [3.63, 3.8) is 0 Å². The Balaban J connectivity index is 1.13. The number of hydrogen-bond donors (Lipinski definition) is 0. The summed E-state index contributed by atoms with van der Waals surface area (Å²) in [5, 5.41) is 2.51. The summed E-state index contributed by atoms with van der Waals surface area (Å²) in [4.78, 5) is 4.96. The molecule has 6 aliphatic rings. The summed E-state index contributed by atoms with van der Waals surface area (Å²) in [6.07, 6.45) is 11.3. The topological polar surface area (TPSA) is 34.2 Å². The number of benzene rings is 5. The molecular formula is C47H46N2O3. The van der Waals surface area contributed by atoms with Gasteiger partial charge in [-0.15, -0.1) is 0 Å². The van der Waals surface area contributed by atoms with E-state index < -0.39 is 5.60 Å². The molecule has 0 aromatic heterocycles. The van der Waals surface area contributed by atoms with Crippen LogP contribution in [0.1, 0.15) is 59.9 Å². The number of nitrogens with zero attached hydrogens (tertiary/aromatic N) is 2. The zero-order valence-corrected chi connectivity index (χ0v) is 29.9. The summed E-state index contributed by atoms with van der Waals surface area (Å²) in [6.45, 7) is 6.89. The van der Waals surface area contributed by atoms with Gasteiger partial charge < -0.3 is 24.0 Å². The predicted molar refractivity (Wildman–Crippen MR) is 210 cm³/mol. The first-order valence-corrected chi connectivity index (χ1v) is 19.7. The van der Waals surface area contributed by atoms with Crippen LogP contribution in [0.2, 0.25) is 0 Å². The first-order chi connectivity index (χ1) is 25.7. The van der Waals surface area contributed by atoms with Gasteiger partial charge in [-0.05, 0) is 95.5 Å². The lowest BCUT2D eigenvalue weighted by atomic mass is 9.60. The summed E-state index contributed by atoms with van der Waals surface area (Å²) < 4.78 is 19.1. The fourth-order valence-corrected chi connectivity index (χ4v) is 11.1. The first kappa shape index (κ1) is 31.0. The van der Waals surface area contributed by atoms with Gasteiger partial charge in [-0.25, -0.2) is 0 Å². The summed E-state index contributed by atoms with van der Waals surface area (Å²) >= 11 is 0. The quantitative estimate of drug-likeness (QED) is 0.188. The van der Waals surface area contributed by atoms with Crippen molar-refractivity contribution in [1.82, 2.24) is 0 Å². The molecule has 262 valence electrons. The van der Waals surface area contributed by atoms with Gasteiger partial charge in [0.15, 0.2) is 5.60 Å². The van der Waals surface area contributed by atoms with Gasteiger partial charge in [0.05, 0.1) is 26.4 Å². The molecule has 11 rings (SSSR count). The third-order valence-electron chi connectivity index (χ3n) is 13.6. The van der Waals surface area contributed by atoms with E-state index in [4.69, 9.17) is 14.2 Å². The molecule has 2 saturated heterocycles. The maximum atomic E-state index is 7.70. The van der Waals surface area contributed by atoms with Crippen LogP contribution in [-0.2, 0) is 20.5 Å². The van der Waals surface area contributed by atoms with Crippen molar-refractivity contribution in [2.24, 2.45) is 11.8 Å². The Labute approximate surface area is 306 Å². The fourth-order valence-electron chi connectivity index (χ4n) is 11.1. The molecule has 5 heteroatoms. The molecule has 0 radical (unpaired) electrons. The number of ether oxygens (including phenoxy) is 3. The van der Waals surface area contributed by atoms with Crippen LogP contribution >= 0.6 is 0 Å². The Morgan fingerprint density at radius 1 is 0.635 bits per heavy atom. The average Bonchev–Trinajstić information content (AvgIpc) is 3.76. The lowest BCUT2D eigenvalue weighted by Gasteiger charge is -2.44.